The largest absolute Gasteiger partial charge is 0.506 e. The van der Waals surface area contributed by atoms with Crippen molar-refractivity contribution in [3.8, 4) is 5.75 Å². The van der Waals surface area contributed by atoms with Crippen molar-refractivity contribution in [3.05, 3.63) is 55.2 Å². The van der Waals surface area contributed by atoms with E-state index in [4.69, 9.17) is 10.8 Å². The summed E-state index contributed by atoms with van der Waals surface area (Å²) in [5.74, 6) is -0.667. The van der Waals surface area contributed by atoms with Gasteiger partial charge in [-0.25, -0.2) is 0 Å². The maximum absolute atomic E-state index is 10.9. The summed E-state index contributed by atoms with van der Waals surface area (Å²) in [6.45, 7) is 0. The zero-order valence-corrected chi connectivity index (χ0v) is 20.8. The topological polar surface area (TPSA) is 83.5 Å². The predicted octanol–water partition coefficient (Wildman–Crippen LogP) is 4.36. The number of hydrogen-bond acceptors (Lipinski definition) is 3. The molecular weight excluding hydrogens is 762 g/mol. The van der Waals surface area contributed by atoms with Crippen molar-refractivity contribution in [3.63, 3.8) is 0 Å². The zero-order valence-electron chi connectivity index (χ0n) is 12.2. The van der Waals surface area contributed by atoms with Gasteiger partial charge in [0.1, 0.15) is 11.8 Å². The van der Waals surface area contributed by atoms with E-state index >= 15 is 0 Å². The third-order valence-corrected chi connectivity index (χ3v) is 7.00. The molecule has 24 heavy (non-hydrogen) atoms. The second kappa shape index (κ2) is 8.99. The second-order valence-corrected chi connectivity index (χ2v) is 9.92. The molecule has 0 aliphatic rings. The molecule has 2 aromatic carbocycles. The first-order valence-corrected chi connectivity index (χ1v) is 11.1. The van der Waals surface area contributed by atoms with E-state index in [0.717, 1.165) is 31.8 Å². The molecule has 4 N–H and O–H groups in total. The lowest BCUT2D eigenvalue weighted by Crippen LogP contribution is -2.32. The SMILES string of the molecule is N[C@@H](Cc1cc(I)c(Cc2cc(I)c(O)c(I)c2)c(I)c1)C(=O)O. The molecule has 0 saturated carbocycles. The van der Waals surface area contributed by atoms with Crippen molar-refractivity contribution in [2.75, 3.05) is 0 Å². The highest BCUT2D eigenvalue weighted by atomic mass is 127. The molecule has 0 amide bonds. The summed E-state index contributed by atoms with van der Waals surface area (Å²) in [4.78, 5) is 10.9. The number of halogens is 4. The highest BCUT2D eigenvalue weighted by molar-refractivity contribution is 14.1. The fourth-order valence-corrected chi connectivity index (χ4v) is 6.38. The Morgan fingerprint density at radius 3 is 1.88 bits per heavy atom. The molecule has 0 heterocycles. The molecular formula is C16H13I4NO3. The molecule has 0 aliphatic heterocycles. The van der Waals surface area contributed by atoms with Crippen LogP contribution >= 0.6 is 90.4 Å². The smallest absolute Gasteiger partial charge is 0.320 e. The summed E-state index contributed by atoms with van der Waals surface area (Å²) >= 11 is 8.83. The number of benzene rings is 2. The van der Waals surface area contributed by atoms with Gasteiger partial charge in [0.05, 0.1) is 7.14 Å². The standard InChI is InChI=1S/C16H13I4NO3/c17-10-2-8(6-14(21)16(23)24)3-11(18)9(10)1-7-4-12(19)15(22)13(20)5-7/h2-5,14,22H,1,6,21H2,(H,23,24)/t14-/m0/s1. The Bertz CT molecular complexity index is 749. The fourth-order valence-electron chi connectivity index (χ4n) is 2.21. The van der Waals surface area contributed by atoms with Gasteiger partial charge in [0, 0.05) is 7.14 Å². The predicted molar refractivity (Wildman–Crippen MR) is 128 cm³/mol. The average Bonchev–Trinajstić information content (AvgIpc) is 2.48. The van der Waals surface area contributed by atoms with Crippen LogP contribution in [0.5, 0.6) is 5.75 Å². The van der Waals surface area contributed by atoms with Gasteiger partial charge in [-0.05, 0) is 144 Å². The quantitative estimate of drug-likeness (QED) is 0.395. The number of phenolic OH excluding ortho intramolecular Hbond substituents is 1. The molecule has 0 saturated heterocycles. The lowest BCUT2D eigenvalue weighted by molar-refractivity contribution is -0.138. The maximum atomic E-state index is 10.9. The number of phenols is 1. The van der Waals surface area contributed by atoms with Gasteiger partial charge >= 0.3 is 5.97 Å². The Hall–Kier alpha value is 0.590. The highest BCUT2D eigenvalue weighted by Crippen LogP contribution is 2.30. The van der Waals surface area contributed by atoms with E-state index in [1.807, 2.05) is 24.3 Å². The molecule has 0 unspecified atom stereocenters. The molecule has 1 atom stereocenters. The molecule has 0 spiro atoms. The minimum absolute atomic E-state index is 0.316. The van der Waals surface area contributed by atoms with Crippen molar-refractivity contribution >= 4 is 96.3 Å². The van der Waals surface area contributed by atoms with Crippen LogP contribution in [0.25, 0.3) is 0 Å². The Kier molecular flexibility index (Phi) is 7.83. The van der Waals surface area contributed by atoms with E-state index < -0.39 is 12.0 Å². The normalized spacial score (nSPS) is 12.2. The summed E-state index contributed by atoms with van der Waals surface area (Å²) < 4.78 is 3.85. The fraction of sp³-hybridized carbons (Fsp3) is 0.188. The molecule has 0 radical (unpaired) electrons. The van der Waals surface area contributed by atoms with Gasteiger partial charge in [-0.1, -0.05) is 0 Å². The lowest BCUT2D eigenvalue weighted by Gasteiger charge is -2.13. The third-order valence-electron chi connectivity index (χ3n) is 3.43. The minimum Gasteiger partial charge on any atom is -0.506 e. The number of carbonyl (C=O) groups is 1. The number of carboxylic acid groups (broad SMARTS) is 1. The van der Waals surface area contributed by atoms with Gasteiger partial charge < -0.3 is 15.9 Å². The van der Waals surface area contributed by atoms with Crippen LogP contribution in [0.15, 0.2) is 24.3 Å². The summed E-state index contributed by atoms with van der Waals surface area (Å²) in [5.41, 5.74) is 8.88. The number of carboxylic acids is 1. The van der Waals surface area contributed by atoms with Gasteiger partial charge in [0.25, 0.3) is 0 Å². The minimum atomic E-state index is -0.989. The Morgan fingerprint density at radius 1 is 0.958 bits per heavy atom. The molecule has 2 rings (SSSR count). The van der Waals surface area contributed by atoms with Gasteiger partial charge in [-0.15, -0.1) is 0 Å². The van der Waals surface area contributed by atoms with Crippen LogP contribution in [-0.4, -0.2) is 22.2 Å². The average molecular weight is 775 g/mol. The van der Waals surface area contributed by atoms with E-state index in [1.54, 1.807) is 0 Å². The zero-order chi connectivity index (χ0) is 18.0. The molecule has 8 heteroatoms. The van der Waals surface area contributed by atoms with Gasteiger partial charge in [0.15, 0.2) is 0 Å². The number of rotatable bonds is 5. The van der Waals surface area contributed by atoms with Crippen molar-refractivity contribution in [2.45, 2.75) is 18.9 Å². The Labute approximate surface area is 194 Å². The number of nitrogens with two attached hydrogens (primary N) is 1. The van der Waals surface area contributed by atoms with Crippen LogP contribution in [0.3, 0.4) is 0 Å². The molecule has 0 aromatic heterocycles. The molecule has 4 nitrogen and oxygen atoms in total. The second-order valence-electron chi connectivity index (χ2n) is 5.27. The molecule has 0 bridgehead atoms. The molecule has 0 fully saturated rings. The van der Waals surface area contributed by atoms with Crippen LogP contribution in [0, 0.1) is 14.3 Å². The first kappa shape index (κ1) is 20.9. The van der Waals surface area contributed by atoms with Gasteiger partial charge in [0.2, 0.25) is 0 Å². The Morgan fingerprint density at radius 2 is 1.42 bits per heavy atom. The van der Waals surface area contributed by atoms with Gasteiger partial charge in [-0.3, -0.25) is 4.79 Å². The van der Waals surface area contributed by atoms with Crippen LogP contribution < -0.4 is 5.73 Å². The highest BCUT2D eigenvalue weighted by Gasteiger charge is 2.15. The van der Waals surface area contributed by atoms with Gasteiger partial charge in [-0.2, -0.15) is 0 Å². The van der Waals surface area contributed by atoms with E-state index in [-0.39, 0.29) is 0 Å². The van der Waals surface area contributed by atoms with Crippen molar-refractivity contribution < 1.29 is 15.0 Å². The number of hydrogen-bond donors (Lipinski definition) is 3. The number of aliphatic carboxylic acids is 1. The van der Waals surface area contributed by atoms with Crippen LogP contribution in [0.2, 0.25) is 0 Å². The molecule has 2 aromatic rings. The summed E-state index contributed by atoms with van der Waals surface area (Å²) in [6.07, 6.45) is 1.07. The number of aromatic hydroxyl groups is 1. The van der Waals surface area contributed by atoms with Crippen LogP contribution in [-0.2, 0) is 17.6 Å². The van der Waals surface area contributed by atoms with Crippen molar-refractivity contribution in [1.82, 2.24) is 0 Å². The van der Waals surface area contributed by atoms with Crippen LogP contribution in [0.1, 0.15) is 16.7 Å². The first-order chi connectivity index (χ1) is 11.2. The van der Waals surface area contributed by atoms with E-state index in [0.29, 0.717) is 12.2 Å². The summed E-state index contributed by atoms with van der Waals surface area (Å²) in [7, 11) is 0. The summed E-state index contributed by atoms with van der Waals surface area (Å²) in [6, 6.07) is 7.08. The third kappa shape index (κ3) is 5.30. The first-order valence-electron chi connectivity index (χ1n) is 6.81. The Balaban J connectivity index is 2.30. The lowest BCUT2D eigenvalue weighted by atomic mass is 10.0. The van der Waals surface area contributed by atoms with Crippen LogP contribution in [0.4, 0.5) is 0 Å². The van der Waals surface area contributed by atoms with E-state index in [9.17, 15) is 9.90 Å². The monoisotopic (exact) mass is 775 g/mol. The van der Waals surface area contributed by atoms with Crippen molar-refractivity contribution in [1.29, 1.82) is 0 Å². The van der Waals surface area contributed by atoms with Crippen molar-refractivity contribution in [2.24, 2.45) is 5.73 Å². The van der Waals surface area contributed by atoms with E-state index in [2.05, 4.69) is 90.4 Å². The summed E-state index contributed by atoms with van der Waals surface area (Å²) in [5, 5.41) is 18.8. The maximum Gasteiger partial charge on any atom is 0.320 e. The van der Waals surface area contributed by atoms with E-state index in [1.165, 1.54) is 5.56 Å². The molecule has 0 aliphatic carbocycles. The molecule has 128 valence electrons.